The number of hydrogen-bond acceptors (Lipinski definition) is 12. The minimum Gasteiger partial charge on any atom is -0.483 e. The molecule has 1 atom stereocenters. The normalized spacial score (nSPS) is 23.8. The number of carbonyl (C=O) groups excluding carboxylic acids is 6. The summed E-state index contributed by atoms with van der Waals surface area (Å²) in [5.41, 5.74) is 1.73. The molecular weight excluding hydrogens is 708 g/mol. The molecule has 0 spiro atoms. The van der Waals surface area contributed by atoms with Crippen LogP contribution in [0.4, 0.5) is 5.82 Å². The second-order valence-corrected chi connectivity index (χ2v) is 15.4. The number of carbonyl (C=O) groups is 6. The summed E-state index contributed by atoms with van der Waals surface area (Å²) >= 11 is 0. The van der Waals surface area contributed by atoms with E-state index in [1.54, 1.807) is 30.3 Å². The Morgan fingerprint density at radius 1 is 0.927 bits per heavy atom. The Morgan fingerprint density at radius 2 is 1.69 bits per heavy atom. The third-order valence-corrected chi connectivity index (χ3v) is 11.8. The number of imide groups is 2. The number of hydrogen-bond donors (Lipinski definition) is 3. The van der Waals surface area contributed by atoms with E-state index in [1.807, 2.05) is 6.33 Å². The Labute approximate surface area is 317 Å². The lowest BCUT2D eigenvalue weighted by molar-refractivity contribution is -0.136. The summed E-state index contributed by atoms with van der Waals surface area (Å²) in [5, 5.41) is 8.71. The van der Waals surface area contributed by atoms with Crippen molar-refractivity contribution in [1.29, 1.82) is 0 Å². The number of anilines is 1. The predicted octanol–water partition coefficient (Wildman–Crippen LogP) is 1.51. The summed E-state index contributed by atoms with van der Waals surface area (Å²) < 4.78 is 7.93. The summed E-state index contributed by atoms with van der Waals surface area (Å²) in [6, 6.07) is 4.01. The fourth-order valence-corrected chi connectivity index (χ4v) is 8.65. The predicted molar refractivity (Wildman–Crippen MR) is 197 cm³/mol. The number of piperidine rings is 3. The van der Waals surface area contributed by atoms with Crippen molar-refractivity contribution >= 4 is 52.4 Å². The Balaban J connectivity index is 0.759. The molecule has 0 radical (unpaired) electrons. The number of aromatic nitrogens is 4. The van der Waals surface area contributed by atoms with Crippen molar-refractivity contribution in [1.82, 2.24) is 44.9 Å². The van der Waals surface area contributed by atoms with Gasteiger partial charge in [-0.1, -0.05) is 6.07 Å². The zero-order chi connectivity index (χ0) is 38.2. The Kier molecular flexibility index (Phi) is 10.2. The lowest BCUT2D eigenvalue weighted by Gasteiger charge is -2.37. The number of benzene rings is 1. The summed E-state index contributed by atoms with van der Waals surface area (Å²) in [7, 11) is 0. The molecule has 290 valence electrons. The molecule has 4 fully saturated rings. The summed E-state index contributed by atoms with van der Waals surface area (Å²) in [5.74, 6) is -0.708. The van der Waals surface area contributed by atoms with Crippen molar-refractivity contribution in [2.24, 2.45) is 11.8 Å². The van der Waals surface area contributed by atoms with Gasteiger partial charge in [-0.15, -0.1) is 0 Å². The molecule has 1 saturated carbocycles. The fraction of sp³-hybridized carbons (Fsp3) is 0.553. The summed E-state index contributed by atoms with van der Waals surface area (Å²) in [6.45, 7) is 6.39. The van der Waals surface area contributed by atoms with Gasteiger partial charge in [-0.2, -0.15) is 0 Å². The summed E-state index contributed by atoms with van der Waals surface area (Å²) in [4.78, 5) is 93.9. The molecule has 4 aliphatic heterocycles. The number of fused-ring (bicyclic) bond motifs is 2. The number of nitrogens with zero attached hydrogens (tertiary/aromatic N) is 7. The highest BCUT2D eigenvalue weighted by Crippen LogP contribution is 2.36. The molecular formula is C38H46N10O7. The first-order valence-electron chi connectivity index (χ1n) is 19.3. The number of likely N-dealkylation sites (tertiary alicyclic amines) is 2. The highest BCUT2D eigenvalue weighted by molar-refractivity contribution is 6.24. The van der Waals surface area contributed by atoms with Gasteiger partial charge in [0.1, 0.15) is 23.6 Å². The van der Waals surface area contributed by atoms with E-state index in [2.05, 4.69) is 40.4 Å². The largest absolute Gasteiger partial charge is 0.483 e. The van der Waals surface area contributed by atoms with Gasteiger partial charge in [-0.3, -0.25) is 39.0 Å². The molecule has 8 rings (SSSR count). The van der Waals surface area contributed by atoms with Crippen molar-refractivity contribution in [3.05, 3.63) is 42.0 Å². The molecule has 0 bridgehead atoms. The van der Waals surface area contributed by atoms with Crippen molar-refractivity contribution < 1.29 is 33.5 Å². The Bertz CT molecular complexity index is 2010. The second kappa shape index (κ2) is 15.4. The van der Waals surface area contributed by atoms with Crippen molar-refractivity contribution in [3.8, 4) is 5.75 Å². The van der Waals surface area contributed by atoms with E-state index in [0.29, 0.717) is 24.9 Å². The lowest BCUT2D eigenvalue weighted by atomic mass is 9.86. The van der Waals surface area contributed by atoms with Crippen LogP contribution in [0.1, 0.15) is 85.0 Å². The molecule has 17 heteroatoms. The zero-order valence-electron chi connectivity index (χ0n) is 30.9. The smallest absolute Gasteiger partial charge is 0.266 e. The average molecular weight is 755 g/mol. The monoisotopic (exact) mass is 754 g/mol. The molecule has 3 aromatic rings. The first-order valence-corrected chi connectivity index (χ1v) is 19.3. The second-order valence-electron chi connectivity index (χ2n) is 15.4. The standard InChI is InChI=1S/C38H46N10O7/c1-22(49)43-25-15-26(16-25)47-21-42-33-34(40-20-41-35(33)47)39-17-23-7-11-45(12-8-23)18-24-9-13-46(14-10-24)31(51)19-55-29-4-2-3-27-32(29)38(54)48(37(27)53)28-5-6-30(50)44-36(28)52/h2-4,20-21,23-26,28H,5-19H2,1H3,(H,43,49)(H,39,40,41)(H,44,50,52). The molecule has 17 nitrogen and oxygen atoms in total. The maximum atomic E-state index is 13.4. The van der Waals surface area contributed by atoms with Crippen LogP contribution in [0.2, 0.25) is 0 Å². The average Bonchev–Trinajstić information content (AvgIpc) is 3.70. The molecule has 3 N–H and O–H groups in total. The minimum atomic E-state index is -1.08. The van der Waals surface area contributed by atoms with Gasteiger partial charge in [0, 0.05) is 51.6 Å². The van der Waals surface area contributed by atoms with Crippen LogP contribution in [0.25, 0.3) is 11.2 Å². The third-order valence-electron chi connectivity index (χ3n) is 11.8. The van der Waals surface area contributed by atoms with Crippen LogP contribution < -0.4 is 20.7 Å². The van der Waals surface area contributed by atoms with Crippen LogP contribution in [0.15, 0.2) is 30.9 Å². The van der Waals surface area contributed by atoms with Gasteiger partial charge in [0.15, 0.2) is 18.1 Å². The highest BCUT2D eigenvalue weighted by Gasteiger charge is 2.46. The molecule has 1 unspecified atom stereocenters. The first kappa shape index (κ1) is 36.5. The summed E-state index contributed by atoms with van der Waals surface area (Å²) in [6.07, 6.45) is 9.20. The maximum absolute atomic E-state index is 13.4. The van der Waals surface area contributed by atoms with Crippen LogP contribution >= 0.6 is 0 Å². The Hall–Kier alpha value is -5.45. The van der Waals surface area contributed by atoms with Gasteiger partial charge < -0.3 is 29.7 Å². The number of amides is 6. The number of imidazole rings is 1. The molecule has 3 saturated heterocycles. The van der Waals surface area contributed by atoms with Gasteiger partial charge in [-0.05, 0) is 82.0 Å². The van der Waals surface area contributed by atoms with Crippen molar-refractivity contribution in [2.45, 2.75) is 76.4 Å². The number of rotatable bonds is 11. The molecule has 6 heterocycles. The van der Waals surface area contributed by atoms with Gasteiger partial charge >= 0.3 is 0 Å². The SMILES string of the molecule is CC(=O)NC1CC(n2cnc3c(NCC4CCN(CC5CCN(C(=O)COc6cccc7c6C(=O)N(C6CCC(=O)NC6=O)C7=O)CC5)CC4)ncnc32)C1. The van der Waals surface area contributed by atoms with Crippen molar-refractivity contribution in [2.75, 3.05) is 51.2 Å². The van der Waals surface area contributed by atoms with E-state index in [1.165, 1.54) is 6.07 Å². The van der Waals surface area contributed by atoms with Crippen LogP contribution in [-0.4, -0.2) is 128 Å². The molecule has 5 aliphatic rings. The first-order chi connectivity index (χ1) is 26.6. The fourth-order valence-electron chi connectivity index (χ4n) is 8.65. The third kappa shape index (κ3) is 7.49. The Morgan fingerprint density at radius 3 is 2.44 bits per heavy atom. The molecule has 2 aromatic heterocycles. The van der Waals surface area contributed by atoms with E-state index < -0.39 is 29.7 Å². The van der Waals surface area contributed by atoms with E-state index in [4.69, 9.17) is 4.74 Å². The highest BCUT2D eigenvalue weighted by atomic mass is 16.5. The van der Waals surface area contributed by atoms with Gasteiger partial charge in [0.05, 0.1) is 17.5 Å². The topological polar surface area (TPSA) is 201 Å². The van der Waals surface area contributed by atoms with Crippen LogP contribution in [0, 0.1) is 11.8 Å². The molecule has 1 aromatic carbocycles. The van der Waals surface area contributed by atoms with Crippen LogP contribution in [0.3, 0.4) is 0 Å². The maximum Gasteiger partial charge on any atom is 0.266 e. The number of ether oxygens (including phenoxy) is 1. The molecule has 55 heavy (non-hydrogen) atoms. The van der Waals surface area contributed by atoms with Crippen LogP contribution in [-0.2, 0) is 19.2 Å². The number of nitrogens with one attached hydrogen (secondary N) is 3. The zero-order valence-corrected chi connectivity index (χ0v) is 30.9. The van der Waals surface area contributed by atoms with Gasteiger partial charge in [-0.25, -0.2) is 15.0 Å². The minimum absolute atomic E-state index is 0.00328. The van der Waals surface area contributed by atoms with Crippen molar-refractivity contribution in [3.63, 3.8) is 0 Å². The van der Waals surface area contributed by atoms with Crippen LogP contribution in [0.5, 0.6) is 5.75 Å². The molecule has 1 aliphatic carbocycles. The van der Waals surface area contributed by atoms with E-state index in [9.17, 15) is 28.8 Å². The van der Waals surface area contributed by atoms with E-state index in [0.717, 1.165) is 86.6 Å². The van der Waals surface area contributed by atoms with Gasteiger partial charge in [0.25, 0.3) is 17.7 Å². The van der Waals surface area contributed by atoms with Gasteiger partial charge in [0.2, 0.25) is 17.7 Å². The van der Waals surface area contributed by atoms with E-state index in [-0.39, 0.29) is 60.2 Å². The molecule has 6 amide bonds. The quantitative estimate of drug-likeness (QED) is 0.239. The van der Waals surface area contributed by atoms with E-state index >= 15 is 0 Å². The lowest BCUT2D eigenvalue weighted by Crippen LogP contribution is -2.54.